The van der Waals surface area contributed by atoms with E-state index in [4.69, 9.17) is 0 Å². The summed E-state index contributed by atoms with van der Waals surface area (Å²) < 4.78 is 0. The van der Waals surface area contributed by atoms with Gasteiger partial charge in [0.2, 0.25) is 0 Å². The first-order chi connectivity index (χ1) is 8.36. The van der Waals surface area contributed by atoms with E-state index in [1.165, 1.54) is 0 Å². The van der Waals surface area contributed by atoms with Crippen molar-refractivity contribution in [3.05, 3.63) is 60.2 Å². The van der Waals surface area contributed by atoms with Gasteiger partial charge in [0.15, 0.2) is 0 Å². The Bertz CT molecular complexity index is 461. The van der Waals surface area contributed by atoms with Crippen LogP contribution < -0.4 is 0 Å². The smallest absolute Gasteiger partial charge is 0.0522 e. The highest BCUT2D eigenvalue weighted by molar-refractivity contribution is 5.68. The lowest BCUT2D eigenvalue weighted by molar-refractivity contribution is 0.193. The maximum atomic E-state index is 9.29. The molecular formula is C15H16O2. The van der Waals surface area contributed by atoms with Gasteiger partial charge in [-0.05, 0) is 16.7 Å². The second-order valence-electron chi connectivity index (χ2n) is 4.02. The van der Waals surface area contributed by atoms with Gasteiger partial charge in [-0.25, -0.2) is 0 Å². The number of aliphatic hydroxyl groups is 2. The molecule has 0 bridgehead atoms. The maximum Gasteiger partial charge on any atom is 0.0522 e. The monoisotopic (exact) mass is 228 g/mol. The fourth-order valence-electron chi connectivity index (χ4n) is 1.99. The molecule has 0 saturated carbocycles. The van der Waals surface area contributed by atoms with Crippen LogP contribution in [0.2, 0.25) is 0 Å². The molecule has 88 valence electrons. The van der Waals surface area contributed by atoms with Gasteiger partial charge in [0.1, 0.15) is 0 Å². The first-order valence-corrected chi connectivity index (χ1v) is 5.73. The van der Waals surface area contributed by atoms with Crippen molar-refractivity contribution in [1.82, 2.24) is 0 Å². The summed E-state index contributed by atoms with van der Waals surface area (Å²) in [5.41, 5.74) is 3.17. The molecule has 0 unspecified atom stereocenters. The molecule has 2 N–H and O–H groups in total. The van der Waals surface area contributed by atoms with E-state index < -0.39 is 0 Å². The van der Waals surface area contributed by atoms with E-state index in [2.05, 4.69) is 0 Å². The molecule has 0 aromatic heterocycles. The molecule has 0 spiro atoms. The highest BCUT2D eigenvalue weighted by Crippen LogP contribution is 2.28. The topological polar surface area (TPSA) is 40.5 Å². The zero-order valence-corrected chi connectivity index (χ0v) is 9.58. The molecule has 17 heavy (non-hydrogen) atoms. The van der Waals surface area contributed by atoms with Gasteiger partial charge in [-0.2, -0.15) is 0 Å². The van der Waals surface area contributed by atoms with Gasteiger partial charge in [-0.15, -0.1) is 0 Å². The highest BCUT2D eigenvalue weighted by atomic mass is 16.3. The summed E-state index contributed by atoms with van der Waals surface area (Å²) in [6.45, 7) is -0.0826. The molecule has 0 fully saturated rings. The van der Waals surface area contributed by atoms with Gasteiger partial charge in [-0.1, -0.05) is 54.6 Å². The summed E-state index contributed by atoms with van der Waals surface area (Å²) >= 11 is 0. The first kappa shape index (κ1) is 11.8. The Morgan fingerprint density at radius 3 is 2.00 bits per heavy atom. The van der Waals surface area contributed by atoms with Crippen molar-refractivity contribution in [1.29, 1.82) is 0 Å². The van der Waals surface area contributed by atoms with Gasteiger partial charge in [-0.3, -0.25) is 0 Å². The average molecular weight is 228 g/mol. The van der Waals surface area contributed by atoms with E-state index in [9.17, 15) is 10.2 Å². The number of benzene rings is 2. The fraction of sp³-hybridized carbons (Fsp3) is 0.200. The standard InChI is InChI=1S/C15H16O2/c16-10-13(11-17)15-9-5-4-8-14(15)12-6-2-1-3-7-12/h1-9,13,16-17H,10-11H2. The van der Waals surface area contributed by atoms with Crippen LogP contribution in [0.15, 0.2) is 54.6 Å². The summed E-state index contributed by atoms with van der Waals surface area (Å²) in [6.07, 6.45) is 0. The van der Waals surface area contributed by atoms with Crippen LogP contribution in [0.3, 0.4) is 0 Å². The molecule has 2 nitrogen and oxygen atoms in total. The second-order valence-corrected chi connectivity index (χ2v) is 4.02. The average Bonchev–Trinajstić information content (AvgIpc) is 2.42. The molecule has 0 aliphatic heterocycles. The second kappa shape index (κ2) is 5.62. The molecule has 0 saturated heterocycles. The summed E-state index contributed by atoms with van der Waals surface area (Å²) in [6, 6.07) is 17.9. The molecular weight excluding hydrogens is 212 g/mol. The maximum absolute atomic E-state index is 9.29. The van der Waals surface area contributed by atoms with Crippen LogP contribution in [0.25, 0.3) is 11.1 Å². The quantitative estimate of drug-likeness (QED) is 0.843. The van der Waals surface area contributed by atoms with E-state index in [-0.39, 0.29) is 19.1 Å². The zero-order valence-electron chi connectivity index (χ0n) is 9.58. The van der Waals surface area contributed by atoms with Crippen LogP contribution in [0.5, 0.6) is 0 Å². The van der Waals surface area contributed by atoms with Crippen molar-refractivity contribution < 1.29 is 10.2 Å². The van der Waals surface area contributed by atoms with Crippen molar-refractivity contribution in [2.45, 2.75) is 5.92 Å². The van der Waals surface area contributed by atoms with Crippen molar-refractivity contribution in [3.8, 4) is 11.1 Å². The van der Waals surface area contributed by atoms with E-state index in [0.717, 1.165) is 16.7 Å². The third kappa shape index (κ3) is 2.54. The molecule has 2 heteroatoms. The Kier molecular flexibility index (Phi) is 3.91. The van der Waals surface area contributed by atoms with Gasteiger partial charge < -0.3 is 10.2 Å². The summed E-state index contributed by atoms with van der Waals surface area (Å²) in [7, 11) is 0. The lowest BCUT2D eigenvalue weighted by atomic mass is 9.91. The summed E-state index contributed by atoms with van der Waals surface area (Å²) in [5, 5.41) is 18.6. The van der Waals surface area contributed by atoms with Crippen LogP contribution in [0, 0.1) is 0 Å². The molecule has 0 atom stereocenters. The van der Waals surface area contributed by atoms with Gasteiger partial charge in [0.25, 0.3) is 0 Å². The van der Waals surface area contributed by atoms with Crippen LogP contribution in [0.4, 0.5) is 0 Å². The Morgan fingerprint density at radius 2 is 1.35 bits per heavy atom. The Labute approximate surface area is 101 Å². The Hall–Kier alpha value is -1.64. The first-order valence-electron chi connectivity index (χ1n) is 5.73. The Balaban J connectivity index is 2.48. The van der Waals surface area contributed by atoms with Crippen molar-refractivity contribution >= 4 is 0 Å². The molecule has 0 heterocycles. The van der Waals surface area contributed by atoms with Crippen LogP contribution in [-0.4, -0.2) is 23.4 Å². The SMILES string of the molecule is OCC(CO)c1ccccc1-c1ccccc1. The molecule has 0 aliphatic carbocycles. The number of aliphatic hydroxyl groups excluding tert-OH is 2. The van der Waals surface area contributed by atoms with E-state index in [0.29, 0.717) is 0 Å². The lowest BCUT2D eigenvalue weighted by Crippen LogP contribution is -2.10. The molecule has 2 aromatic carbocycles. The third-order valence-corrected chi connectivity index (χ3v) is 2.93. The minimum atomic E-state index is -0.216. The zero-order chi connectivity index (χ0) is 12.1. The van der Waals surface area contributed by atoms with E-state index in [1.807, 2.05) is 54.6 Å². The predicted molar refractivity (Wildman–Crippen MR) is 68.8 cm³/mol. The summed E-state index contributed by atoms with van der Waals surface area (Å²) in [5.74, 6) is -0.216. The van der Waals surface area contributed by atoms with Crippen LogP contribution in [-0.2, 0) is 0 Å². The number of hydrogen-bond acceptors (Lipinski definition) is 2. The van der Waals surface area contributed by atoms with Crippen LogP contribution in [0.1, 0.15) is 11.5 Å². The number of rotatable bonds is 4. The minimum absolute atomic E-state index is 0.0413. The molecule has 0 radical (unpaired) electrons. The fourth-order valence-corrected chi connectivity index (χ4v) is 1.99. The van der Waals surface area contributed by atoms with E-state index >= 15 is 0 Å². The van der Waals surface area contributed by atoms with E-state index in [1.54, 1.807) is 0 Å². The van der Waals surface area contributed by atoms with Crippen molar-refractivity contribution in [3.63, 3.8) is 0 Å². The molecule has 0 aliphatic rings. The van der Waals surface area contributed by atoms with Gasteiger partial charge >= 0.3 is 0 Å². The van der Waals surface area contributed by atoms with Crippen molar-refractivity contribution in [2.24, 2.45) is 0 Å². The Morgan fingerprint density at radius 1 is 0.765 bits per heavy atom. The molecule has 2 aromatic rings. The largest absolute Gasteiger partial charge is 0.396 e. The molecule has 2 rings (SSSR count). The molecule has 0 amide bonds. The van der Waals surface area contributed by atoms with Crippen molar-refractivity contribution in [2.75, 3.05) is 13.2 Å². The van der Waals surface area contributed by atoms with Gasteiger partial charge in [0.05, 0.1) is 13.2 Å². The summed E-state index contributed by atoms with van der Waals surface area (Å²) in [4.78, 5) is 0. The van der Waals surface area contributed by atoms with Crippen LogP contribution >= 0.6 is 0 Å². The predicted octanol–water partition coefficient (Wildman–Crippen LogP) is 2.42. The minimum Gasteiger partial charge on any atom is -0.396 e. The highest BCUT2D eigenvalue weighted by Gasteiger charge is 2.13. The normalized spacial score (nSPS) is 10.8. The lowest BCUT2D eigenvalue weighted by Gasteiger charge is -2.16. The number of hydrogen-bond donors (Lipinski definition) is 2. The third-order valence-electron chi connectivity index (χ3n) is 2.93. The van der Waals surface area contributed by atoms with Gasteiger partial charge in [0, 0.05) is 5.92 Å².